The molecule has 3 aromatic carbocycles. The average Bonchev–Trinajstić information content (AvgIpc) is 2.86. The van der Waals surface area contributed by atoms with Crippen molar-refractivity contribution in [3.63, 3.8) is 0 Å². The third-order valence-corrected chi connectivity index (χ3v) is 6.16. The van der Waals surface area contributed by atoms with Crippen molar-refractivity contribution in [2.75, 3.05) is 10.6 Å². The molecule has 7 nitrogen and oxygen atoms in total. The second-order valence-corrected chi connectivity index (χ2v) is 9.08. The fourth-order valence-electron chi connectivity index (χ4n) is 3.90. The number of halogens is 1. The van der Waals surface area contributed by atoms with Crippen LogP contribution in [0, 0.1) is 0 Å². The summed E-state index contributed by atoms with van der Waals surface area (Å²) in [6.07, 6.45) is 0.658. The Bertz CT molecular complexity index is 1430. The predicted octanol–water partition coefficient (Wildman–Crippen LogP) is 4.10. The van der Waals surface area contributed by atoms with Crippen LogP contribution in [0.2, 0.25) is 0 Å². The maximum absolute atomic E-state index is 13.5. The number of anilines is 2. The number of amides is 1. The van der Waals surface area contributed by atoms with E-state index in [9.17, 15) is 14.4 Å². The summed E-state index contributed by atoms with van der Waals surface area (Å²) in [5.74, 6) is -0.315. The summed E-state index contributed by atoms with van der Waals surface area (Å²) in [5, 5.41) is 0. The number of hydrogen-bond acceptors (Lipinski definition) is 4. The third-order valence-electron chi connectivity index (χ3n) is 5.67. The molecule has 1 amide bonds. The molecule has 0 radical (unpaired) electrons. The molecule has 0 aliphatic rings. The number of benzene rings is 3. The molecule has 0 aliphatic heterocycles. The van der Waals surface area contributed by atoms with Crippen molar-refractivity contribution in [2.24, 2.45) is 0 Å². The van der Waals surface area contributed by atoms with Crippen molar-refractivity contribution >= 4 is 33.3 Å². The number of aromatic amines is 1. The number of nitrogens with two attached hydrogens (primary N) is 1. The minimum absolute atomic E-state index is 0.0244. The monoisotopic (exact) mass is 532 g/mol. The van der Waals surface area contributed by atoms with Gasteiger partial charge in [-0.1, -0.05) is 88.7 Å². The highest BCUT2D eigenvalue weighted by Gasteiger charge is 2.24. The van der Waals surface area contributed by atoms with Crippen molar-refractivity contribution in [1.82, 2.24) is 9.55 Å². The Morgan fingerprint density at radius 1 is 0.886 bits per heavy atom. The van der Waals surface area contributed by atoms with Gasteiger partial charge in [0.15, 0.2) is 5.69 Å². The van der Waals surface area contributed by atoms with Gasteiger partial charge in [0, 0.05) is 10.9 Å². The summed E-state index contributed by atoms with van der Waals surface area (Å²) in [6.45, 7) is 0.315. The van der Waals surface area contributed by atoms with Crippen LogP contribution in [0.4, 0.5) is 11.5 Å². The van der Waals surface area contributed by atoms with Gasteiger partial charge in [-0.2, -0.15) is 0 Å². The molecular formula is C27H25BrN4O3. The summed E-state index contributed by atoms with van der Waals surface area (Å²) < 4.78 is 2.21. The number of aromatic nitrogens is 2. The van der Waals surface area contributed by atoms with Gasteiger partial charge in [-0.3, -0.25) is 19.1 Å². The van der Waals surface area contributed by atoms with Crippen LogP contribution in [0.1, 0.15) is 23.1 Å². The van der Waals surface area contributed by atoms with Gasteiger partial charge < -0.3 is 10.6 Å². The zero-order valence-corrected chi connectivity index (χ0v) is 20.6. The number of nitrogens with zero attached hydrogens (tertiary/aromatic N) is 2. The van der Waals surface area contributed by atoms with Gasteiger partial charge >= 0.3 is 5.69 Å². The highest BCUT2D eigenvalue weighted by Crippen LogP contribution is 2.22. The van der Waals surface area contributed by atoms with Crippen LogP contribution in [0.15, 0.2) is 99.0 Å². The number of rotatable bonds is 8. The van der Waals surface area contributed by atoms with Crippen LogP contribution >= 0.6 is 15.9 Å². The quantitative estimate of drug-likeness (QED) is 0.356. The summed E-state index contributed by atoms with van der Waals surface area (Å²) >= 11 is 3.45. The molecule has 4 aromatic rings. The highest BCUT2D eigenvalue weighted by atomic mass is 79.9. The van der Waals surface area contributed by atoms with Crippen LogP contribution in [0.5, 0.6) is 0 Å². The van der Waals surface area contributed by atoms with Crippen molar-refractivity contribution in [3.05, 3.63) is 127 Å². The Balaban J connectivity index is 1.72. The zero-order chi connectivity index (χ0) is 24.8. The van der Waals surface area contributed by atoms with E-state index in [0.717, 1.165) is 21.2 Å². The Morgan fingerprint density at radius 2 is 1.51 bits per heavy atom. The van der Waals surface area contributed by atoms with Crippen LogP contribution < -0.4 is 21.9 Å². The average molecular weight is 533 g/mol. The van der Waals surface area contributed by atoms with Crippen LogP contribution in [-0.4, -0.2) is 15.5 Å². The van der Waals surface area contributed by atoms with E-state index in [0.29, 0.717) is 6.42 Å². The molecule has 8 heteroatoms. The molecule has 3 N–H and O–H groups in total. The number of aryl methyl sites for hydroxylation is 1. The first-order valence-electron chi connectivity index (χ1n) is 11.2. The third kappa shape index (κ3) is 5.96. The van der Waals surface area contributed by atoms with E-state index in [1.54, 1.807) is 0 Å². The lowest BCUT2D eigenvalue weighted by Crippen LogP contribution is -2.41. The fraction of sp³-hybridized carbons (Fsp3) is 0.148. The predicted molar refractivity (Wildman–Crippen MR) is 141 cm³/mol. The van der Waals surface area contributed by atoms with Crippen molar-refractivity contribution < 1.29 is 4.79 Å². The van der Waals surface area contributed by atoms with Crippen molar-refractivity contribution in [2.45, 2.75) is 25.9 Å². The number of carbonyl (C=O) groups excluding carboxylic acids is 1. The molecule has 0 atom stereocenters. The van der Waals surface area contributed by atoms with Crippen molar-refractivity contribution in [1.29, 1.82) is 0 Å². The Morgan fingerprint density at radius 3 is 2.17 bits per heavy atom. The van der Waals surface area contributed by atoms with E-state index < -0.39 is 11.2 Å². The second-order valence-electron chi connectivity index (χ2n) is 8.16. The van der Waals surface area contributed by atoms with E-state index in [2.05, 4.69) is 20.9 Å². The SMILES string of the molecule is Nc1c(N(Cc2ccccc2)C(=O)CCc2cccc(Br)c2)c(=O)[nH]c(=O)n1Cc1ccccc1. The molecule has 4 rings (SSSR count). The van der Waals surface area contributed by atoms with E-state index in [4.69, 9.17) is 5.73 Å². The number of hydrogen-bond donors (Lipinski definition) is 2. The first-order chi connectivity index (χ1) is 16.9. The molecule has 0 fully saturated rings. The second kappa shape index (κ2) is 11.0. The van der Waals surface area contributed by atoms with Crippen LogP contribution in [0.25, 0.3) is 0 Å². The van der Waals surface area contributed by atoms with Crippen LogP contribution in [0.3, 0.4) is 0 Å². The number of nitrogens with one attached hydrogen (secondary N) is 1. The van der Waals surface area contributed by atoms with Gasteiger partial charge in [0.25, 0.3) is 5.56 Å². The smallest absolute Gasteiger partial charge is 0.330 e. The molecule has 0 unspecified atom stereocenters. The summed E-state index contributed by atoms with van der Waals surface area (Å²) in [7, 11) is 0. The largest absolute Gasteiger partial charge is 0.383 e. The molecule has 0 saturated heterocycles. The maximum atomic E-state index is 13.5. The van der Waals surface area contributed by atoms with Gasteiger partial charge in [0.2, 0.25) is 5.91 Å². The topological polar surface area (TPSA) is 101 Å². The minimum atomic E-state index is -0.691. The van der Waals surface area contributed by atoms with E-state index >= 15 is 0 Å². The Hall–Kier alpha value is -3.91. The van der Waals surface area contributed by atoms with E-state index in [1.807, 2.05) is 84.9 Å². The van der Waals surface area contributed by atoms with Gasteiger partial charge in [0.05, 0.1) is 13.1 Å². The maximum Gasteiger partial charge on any atom is 0.330 e. The first-order valence-corrected chi connectivity index (χ1v) is 12.0. The molecule has 0 saturated carbocycles. The molecule has 35 heavy (non-hydrogen) atoms. The molecule has 1 heterocycles. The lowest BCUT2D eigenvalue weighted by atomic mass is 10.1. The lowest BCUT2D eigenvalue weighted by Gasteiger charge is -2.25. The standard InChI is InChI=1S/C27H25BrN4O3/c28-22-13-7-12-19(16-22)14-15-23(33)31(17-20-8-3-1-4-9-20)24-25(29)32(27(35)30-26(24)34)18-21-10-5-2-6-11-21/h1-13,16H,14-15,17-18,29H2,(H,30,34,35). The molecule has 0 bridgehead atoms. The molecule has 178 valence electrons. The normalized spacial score (nSPS) is 10.8. The van der Waals surface area contributed by atoms with E-state index in [-0.39, 0.29) is 36.9 Å². The molecule has 0 aliphatic carbocycles. The zero-order valence-electron chi connectivity index (χ0n) is 19.0. The molecule has 1 aromatic heterocycles. The highest BCUT2D eigenvalue weighted by molar-refractivity contribution is 9.10. The first kappa shape index (κ1) is 24.2. The fourth-order valence-corrected chi connectivity index (χ4v) is 4.34. The van der Waals surface area contributed by atoms with Crippen LogP contribution in [-0.2, 0) is 24.3 Å². The van der Waals surface area contributed by atoms with Gasteiger partial charge in [0.1, 0.15) is 5.82 Å². The summed E-state index contributed by atoms with van der Waals surface area (Å²) in [5.41, 5.74) is 7.72. The number of carbonyl (C=O) groups is 1. The number of nitrogen functional groups attached to an aromatic ring is 1. The van der Waals surface area contributed by atoms with Gasteiger partial charge in [-0.05, 0) is 35.2 Å². The van der Waals surface area contributed by atoms with Gasteiger partial charge in [-0.15, -0.1) is 0 Å². The Kier molecular flexibility index (Phi) is 7.62. The molecule has 0 spiro atoms. The minimum Gasteiger partial charge on any atom is -0.383 e. The van der Waals surface area contributed by atoms with Gasteiger partial charge in [-0.25, -0.2) is 4.79 Å². The Labute approximate surface area is 211 Å². The number of H-pyrrole nitrogens is 1. The lowest BCUT2D eigenvalue weighted by molar-refractivity contribution is -0.118. The summed E-state index contributed by atoms with van der Waals surface area (Å²) in [4.78, 5) is 42.8. The molecular weight excluding hydrogens is 508 g/mol. The summed E-state index contributed by atoms with van der Waals surface area (Å²) in [6, 6.07) is 26.4. The van der Waals surface area contributed by atoms with E-state index in [1.165, 1.54) is 9.47 Å². The van der Waals surface area contributed by atoms with Crippen molar-refractivity contribution in [3.8, 4) is 0 Å².